The van der Waals surface area contributed by atoms with Gasteiger partial charge >= 0.3 is 0 Å². The van der Waals surface area contributed by atoms with Crippen molar-refractivity contribution in [2.45, 2.75) is 25.8 Å². The first-order chi connectivity index (χ1) is 7.65. The summed E-state index contributed by atoms with van der Waals surface area (Å²) in [7, 11) is 3.46. The highest BCUT2D eigenvalue weighted by Gasteiger charge is 2.11. The number of hydrogen-bond donors (Lipinski definition) is 2. The van der Waals surface area contributed by atoms with E-state index in [1.807, 2.05) is 6.92 Å². The van der Waals surface area contributed by atoms with Crippen LogP contribution in [0.2, 0.25) is 0 Å². The van der Waals surface area contributed by atoms with Crippen LogP contribution in [0.3, 0.4) is 0 Å². The van der Waals surface area contributed by atoms with Gasteiger partial charge in [0, 0.05) is 26.7 Å². The second-order valence-corrected chi connectivity index (χ2v) is 3.87. The Labute approximate surface area is 98.3 Å². The van der Waals surface area contributed by atoms with Crippen molar-refractivity contribution >= 4 is 5.91 Å². The van der Waals surface area contributed by atoms with Crippen LogP contribution in [-0.2, 0) is 9.53 Å². The van der Waals surface area contributed by atoms with Crippen LogP contribution in [0.5, 0.6) is 0 Å². The number of likely N-dealkylation sites (N-methyl/N-ethyl adjacent to an activating group) is 1. The van der Waals surface area contributed by atoms with Gasteiger partial charge in [-0.25, -0.2) is 0 Å². The lowest BCUT2D eigenvalue weighted by Gasteiger charge is -2.20. The molecule has 0 fully saturated rings. The van der Waals surface area contributed by atoms with Crippen molar-refractivity contribution in [1.29, 1.82) is 0 Å². The minimum absolute atomic E-state index is 0.108. The van der Waals surface area contributed by atoms with Crippen LogP contribution < -0.4 is 11.1 Å². The highest BCUT2D eigenvalue weighted by Crippen LogP contribution is 1.97. The predicted molar refractivity (Wildman–Crippen MR) is 65.3 cm³/mol. The molecule has 0 saturated heterocycles. The molecule has 96 valence electrons. The first-order valence-corrected chi connectivity index (χ1v) is 5.82. The molecular weight excluding hydrogens is 206 g/mol. The lowest BCUT2D eigenvalue weighted by Crippen LogP contribution is -2.42. The molecule has 0 aliphatic rings. The van der Waals surface area contributed by atoms with Crippen molar-refractivity contribution < 1.29 is 9.53 Å². The summed E-state index contributed by atoms with van der Waals surface area (Å²) in [5.41, 5.74) is 5.45. The smallest absolute Gasteiger partial charge is 0.236 e. The highest BCUT2D eigenvalue weighted by molar-refractivity contribution is 5.77. The van der Waals surface area contributed by atoms with E-state index in [2.05, 4.69) is 5.32 Å². The van der Waals surface area contributed by atoms with Crippen LogP contribution in [0.1, 0.15) is 19.8 Å². The summed E-state index contributed by atoms with van der Waals surface area (Å²) in [6.45, 7) is 4.34. The monoisotopic (exact) mass is 231 g/mol. The zero-order valence-corrected chi connectivity index (χ0v) is 10.7. The molecule has 0 aromatic heterocycles. The molecule has 0 aromatic carbocycles. The highest BCUT2D eigenvalue weighted by atomic mass is 16.5. The maximum atomic E-state index is 11.6. The van der Waals surface area contributed by atoms with Crippen molar-refractivity contribution in [3.8, 4) is 0 Å². The van der Waals surface area contributed by atoms with Crippen LogP contribution >= 0.6 is 0 Å². The third-order valence-electron chi connectivity index (χ3n) is 2.57. The normalized spacial score (nSPS) is 12.5. The van der Waals surface area contributed by atoms with Gasteiger partial charge in [0.05, 0.1) is 13.2 Å². The lowest BCUT2D eigenvalue weighted by atomic mass is 10.1. The van der Waals surface area contributed by atoms with Gasteiger partial charge in [0.15, 0.2) is 0 Å². The molecule has 0 aliphatic heterocycles. The minimum atomic E-state index is 0.108. The molecule has 0 saturated carbocycles. The number of nitrogens with two attached hydrogens (primary N) is 1. The number of carbonyl (C=O) groups is 1. The summed E-state index contributed by atoms with van der Waals surface area (Å²) in [6, 6.07) is 0.211. The molecular formula is C11H25N3O2. The summed E-state index contributed by atoms with van der Waals surface area (Å²) in [5.74, 6) is 0.108. The van der Waals surface area contributed by atoms with Gasteiger partial charge in [0.2, 0.25) is 5.91 Å². The zero-order valence-electron chi connectivity index (χ0n) is 10.7. The van der Waals surface area contributed by atoms with E-state index in [4.69, 9.17) is 10.5 Å². The van der Waals surface area contributed by atoms with Crippen LogP contribution in [0, 0.1) is 0 Å². The largest absolute Gasteiger partial charge is 0.383 e. The SMILES string of the molecule is CCN(C)C(=O)CNC(CCCN)COC. The topological polar surface area (TPSA) is 67.6 Å². The summed E-state index contributed by atoms with van der Waals surface area (Å²) in [5, 5.41) is 3.20. The number of hydrogen-bond acceptors (Lipinski definition) is 4. The molecule has 5 heteroatoms. The Morgan fingerprint density at radius 2 is 2.25 bits per heavy atom. The van der Waals surface area contributed by atoms with Crippen molar-refractivity contribution in [3.63, 3.8) is 0 Å². The number of nitrogens with zero attached hydrogens (tertiary/aromatic N) is 1. The Kier molecular flexibility index (Phi) is 9.18. The van der Waals surface area contributed by atoms with E-state index in [1.165, 1.54) is 0 Å². The van der Waals surface area contributed by atoms with Crippen LogP contribution in [0.4, 0.5) is 0 Å². The molecule has 0 aromatic rings. The fraction of sp³-hybridized carbons (Fsp3) is 0.909. The third-order valence-corrected chi connectivity index (χ3v) is 2.57. The zero-order chi connectivity index (χ0) is 12.4. The van der Waals surface area contributed by atoms with E-state index in [9.17, 15) is 4.79 Å². The van der Waals surface area contributed by atoms with Crippen molar-refractivity contribution in [2.75, 3.05) is 40.4 Å². The molecule has 0 heterocycles. The number of nitrogens with one attached hydrogen (secondary N) is 1. The average Bonchev–Trinajstić information content (AvgIpc) is 2.31. The molecule has 16 heavy (non-hydrogen) atoms. The molecule has 1 unspecified atom stereocenters. The number of amides is 1. The van der Waals surface area contributed by atoms with Crippen molar-refractivity contribution in [1.82, 2.24) is 10.2 Å². The first kappa shape index (κ1) is 15.3. The number of ether oxygens (including phenoxy) is 1. The quantitative estimate of drug-likeness (QED) is 0.577. The molecule has 1 amide bonds. The number of methoxy groups -OCH3 is 1. The Balaban J connectivity index is 3.85. The van der Waals surface area contributed by atoms with Gasteiger partial charge in [0.1, 0.15) is 0 Å². The minimum Gasteiger partial charge on any atom is -0.383 e. The summed E-state index contributed by atoms with van der Waals surface area (Å²) < 4.78 is 5.09. The van der Waals surface area contributed by atoms with Crippen LogP contribution in [0.25, 0.3) is 0 Å². The molecule has 0 rings (SSSR count). The molecule has 0 bridgehead atoms. The Morgan fingerprint density at radius 1 is 1.56 bits per heavy atom. The van der Waals surface area contributed by atoms with Gasteiger partial charge < -0.3 is 20.7 Å². The molecule has 1 atom stereocenters. The van der Waals surface area contributed by atoms with Gasteiger partial charge in [-0.3, -0.25) is 4.79 Å². The molecule has 0 radical (unpaired) electrons. The predicted octanol–water partition coefficient (Wildman–Crippen LogP) is -0.192. The van der Waals surface area contributed by atoms with Crippen LogP contribution in [0.15, 0.2) is 0 Å². The third kappa shape index (κ3) is 6.76. The van der Waals surface area contributed by atoms with Crippen LogP contribution in [-0.4, -0.2) is 57.2 Å². The fourth-order valence-electron chi connectivity index (χ4n) is 1.35. The second kappa shape index (κ2) is 9.57. The van der Waals surface area contributed by atoms with E-state index < -0.39 is 0 Å². The Hall–Kier alpha value is -0.650. The van der Waals surface area contributed by atoms with Gasteiger partial charge in [0.25, 0.3) is 0 Å². The van der Waals surface area contributed by atoms with E-state index >= 15 is 0 Å². The second-order valence-electron chi connectivity index (χ2n) is 3.87. The van der Waals surface area contributed by atoms with Crippen molar-refractivity contribution in [2.24, 2.45) is 5.73 Å². The van der Waals surface area contributed by atoms with Gasteiger partial charge in [-0.05, 0) is 26.3 Å². The molecule has 3 N–H and O–H groups in total. The first-order valence-electron chi connectivity index (χ1n) is 5.82. The van der Waals surface area contributed by atoms with Gasteiger partial charge in [-0.2, -0.15) is 0 Å². The fourth-order valence-corrected chi connectivity index (χ4v) is 1.35. The Morgan fingerprint density at radius 3 is 2.75 bits per heavy atom. The van der Waals surface area contributed by atoms with E-state index in [0.717, 1.165) is 19.4 Å². The molecule has 0 spiro atoms. The van der Waals surface area contributed by atoms with Gasteiger partial charge in [-0.1, -0.05) is 0 Å². The Bertz CT molecular complexity index is 188. The van der Waals surface area contributed by atoms with E-state index in [0.29, 0.717) is 19.7 Å². The number of rotatable bonds is 9. The maximum Gasteiger partial charge on any atom is 0.236 e. The van der Waals surface area contributed by atoms with Gasteiger partial charge in [-0.15, -0.1) is 0 Å². The average molecular weight is 231 g/mol. The van der Waals surface area contributed by atoms with Crippen molar-refractivity contribution in [3.05, 3.63) is 0 Å². The van der Waals surface area contributed by atoms with E-state index in [-0.39, 0.29) is 11.9 Å². The maximum absolute atomic E-state index is 11.6. The lowest BCUT2D eigenvalue weighted by molar-refractivity contribution is -0.128. The molecule has 0 aliphatic carbocycles. The number of carbonyl (C=O) groups excluding carboxylic acids is 1. The summed E-state index contributed by atoms with van der Waals surface area (Å²) >= 11 is 0. The summed E-state index contributed by atoms with van der Waals surface area (Å²) in [4.78, 5) is 13.2. The summed E-state index contributed by atoms with van der Waals surface area (Å²) in [6.07, 6.45) is 1.88. The molecule has 5 nitrogen and oxygen atoms in total. The standard InChI is InChI=1S/C11H25N3O2/c1-4-14(2)11(15)8-13-10(9-16-3)6-5-7-12/h10,13H,4-9,12H2,1-3H3. The van der Waals surface area contributed by atoms with E-state index in [1.54, 1.807) is 19.1 Å².